The quantitative estimate of drug-likeness (QED) is 0.619. The zero-order valence-corrected chi connectivity index (χ0v) is 13.2. The number of fused-ring (bicyclic) bond motifs is 4. The molecular formula is C20H26O. The van der Waals surface area contributed by atoms with Crippen LogP contribution in [-0.2, 0) is 4.79 Å². The van der Waals surface area contributed by atoms with E-state index in [1.807, 2.05) is 6.08 Å². The van der Waals surface area contributed by atoms with Crippen molar-refractivity contribution in [2.45, 2.75) is 58.3 Å². The van der Waals surface area contributed by atoms with Gasteiger partial charge in [0, 0.05) is 6.42 Å². The number of hydrogen-bond donors (Lipinski definition) is 0. The van der Waals surface area contributed by atoms with Crippen LogP contribution in [0.1, 0.15) is 58.3 Å². The molecular weight excluding hydrogens is 256 g/mol. The van der Waals surface area contributed by atoms with Crippen molar-refractivity contribution >= 4 is 5.78 Å². The smallest absolute Gasteiger partial charge is 0.156 e. The van der Waals surface area contributed by atoms with Gasteiger partial charge in [-0.1, -0.05) is 18.6 Å². The summed E-state index contributed by atoms with van der Waals surface area (Å²) in [5, 5.41) is 0. The lowest BCUT2D eigenvalue weighted by Crippen LogP contribution is -2.39. The van der Waals surface area contributed by atoms with E-state index in [0.717, 1.165) is 37.0 Å². The molecule has 2 fully saturated rings. The number of carbonyl (C=O) groups is 1. The third kappa shape index (κ3) is 1.86. The summed E-state index contributed by atoms with van der Waals surface area (Å²) in [5.74, 6) is 2.73. The van der Waals surface area contributed by atoms with Gasteiger partial charge in [0.05, 0.1) is 0 Å². The molecule has 0 N–H and O–H groups in total. The Balaban J connectivity index is 1.73. The summed E-state index contributed by atoms with van der Waals surface area (Å²) in [6, 6.07) is 0. The number of ketones is 1. The second-order valence-electron chi connectivity index (χ2n) is 7.82. The third-order valence-corrected chi connectivity index (χ3v) is 7.09. The molecule has 0 aromatic heterocycles. The normalized spacial score (nSPS) is 42.0. The van der Waals surface area contributed by atoms with Crippen molar-refractivity contribution in [3.63, 3.8) is 0 Å². The molecule has 0 heterocycles. The van der Waals surface area contributed by atoms with Gasteiger partial charge in [0.25, 0.3) is 0 Å². The second kappa shape index (κ2) is 4.69. The monoisotopic (exact) mass is 282 g/mol. The molecule has 0 aromatic carbocycles. The maximum Gasteiger partial charge on any atom is 0.156 e. The summed E-state index contributed by atoms with van der Waals surface area (Å²) in [4.78, 5) is 11.7. The molecule has 4 rings (SSSR count). The van der Waals surface area contributed by atoms with E-state index in [1.54, 1.807) is 11.1 Å². The zero-order chi connectivity index (χ0) is 14.6. The molecule has 0 aliphatic heterocycles. The largest absolute Gasteiger partial charge is 0.295 e. The first-order chi connectivity index (χ1) is 10.1. The molecule has 2 unspecified atom stereocenters. The van der Waals surface area contributed by atoms with Crippen LogP contribution in [0, 0.1) is 23.2 Å². The minimum absolute atomic E-state index is 0.348. The van der Waals surface area contributed by atoms with Gasteiger partial charge in [0.2, 0.25) is 0 Å². The number of hydrogen-bond acceptors (Lipinski definition) is 1. The van der Waals surface area contributed by atoms with Crippen molar-refractivity contribution in [1.29, 1.82) is 0 Å². The lowest BCUT2D eigenvalue weighted by Gasteiger charge is -2.49. The van der Waals surface area contributed by atoms with Crippen LogP contribution in [0.4, 0.5) is 0 Å². The zero-order valence-electron chi connectivity index (χ0n) is 13.2. The van der Waals surface area contributed by atoms with Crippen LogP contribution in [0.3, 0.4) is 0 Å². The minimum Gasteiger partial charge on any atom is -0.295 e. The average Bonchev–Trinajstić information content (AvgIpc) is 2.83. The Bertz CT molecular complexity index is 564. The lowest BCUT2D eigenvalue weighted by atomic mass is 9.56. The van der Waals surface area contributed by atoms with Crippen LogP contribution in [0.15, 0.2) is 35.5 Å². The van der Waals surface area contributed by atoms with Gasteiger partial charge in [0.1, 0.15) is 0 Å². The fourth-order valence-corrected chi connectivity index (χ4v) is 5.96. The highest BCUT2D eigenvalue weighted by Crippen LogP contribution is 2.62. The van der Waals surface area contributed by atoms with Gasteiger partial charge < -0.3 is 0 Å². The van der Waals surface area contributed by atoms with E-state index < -0.39 is 0 Å². The molecule has 21 heavy (non-hydrogen) atoms. The van der Waals surface area contributed by atoms with Gasteiger partial charge in [-0.25, -0.2) is 0 Å². The third-order valence-electron chi connectivity index (χ3n) is 7.09. The number of rotatable bonds is 1. The maximum atomic E-state index is 11.7. The van der Waals surface area contributed by atoms with E-state index in [1.165, 1.54) is 37.7 Å². The van der Waals surface area contributed by atoms with Crippen molar-refractivity contribution in [1.82, 2.24) is 0 Å². The molecule has 4 atom stereocenters. The first-order valence-electron chi connectivity index (χ1n) is 8.71. The Morgan fingerprint density at radius 1 is 1.19 bits per heavy atom. The van der Waals surface area contributed by atoms with Crippen LogP contribution >= 0.6 is 0 Å². The van der Waals surface area contributed by atoms with Crippen LogP contribution in [0.2, 0.25) is 0 Å². The fourth-order valence-electron chi connectivity index (χ4n) is 5.96. The van der Waals surface area contributed by atoms with Gasteiger partial charge in [-0.2, -0.15) is 0 Å². The van der Waals surface area contributed by atoms with Crippen molar-refractivity contribution in [3.8, 4) is 0 Å². The topological polar surface area (TPSA) is 17.1 Å². The van der Waals surface area contributed by atoms with Gasteiger partial charge in [-0.05, 0) is 85.3 Å². The standard InChI is InChI=1S/C20H26O/c1-3-14-5-9-19-18-7-4-13-12-15(21)6-8-16(13)17(18)10-11-20(14,19)2/h3,12,14,18-19H,1,4-11H2,2H3/t14-,18?,19?,20+/m0/s1. The summed E-state index contributed by atoms with van der Waals surface area (Å²) in [7, 11) is 0. The van der Waals surface area contributed by atoms with Crippen molar-refractivity contribution in [2.75, 3.05) is 0 Å². The highest BCUT2D eigenvalue weighted by molar-refractivity contribution is 5.93. The summed E-state index contributed by atoms with van der Waals surface area (Å²) in [6.07, 6.45) is 13.7. The molecule has 4 aliphatic rings. The average molecular weight is 282 g/mol. The number of allylic oxidation sites excluding steroid dienone is 5. The Morgan fingerprint density at radius 3 is 2.86 bits per heavy atom. The Morgan fingerprint density at radius 2 is 2.05 bits per heavy atom. The van der Waals surface area contributed by atoms with Gasteiger partial charge in [0.15, 0.2) is 5.78 Å². The number of carbonyl (C=O) groups excluding carboxylic acids is 1. The van der Waals surface area contributed by atoms with Gasteiger partial charge >= 0.3 is 0 Å². The first-order valence-corrected chi connectivity index (χ1v) is 8.71. The SMILES string of the molecule is C=C[C@H]1CCC2C3CCC4=CC(=O)CCC4=C3CC[C@@]21C. The van der Waals surface area contributed by atoms with Crippen molar-refractivity contribution < 1.29 is 4.79 Å². The first kappa shape index (κ1) is 13.5. The summed E-state index contributed by atoms with van der Waals surface area (Å²) < 4.78 is 0. The minimum atomic E-state index is 0.348. The Hall–Kier alpha value is -1.11. The lowest BCUT2D eigenvalue weighted by molar-refractivity contribution is -0.114. The van der Waals surface area contributed by atoms with E-state index in [2.05, 4.69) is 19.6 Å². The van der Waals surface area contributed by atoms with Crippen molar-refractivity contribution in [2.24, 2.45) is 23.2 Å². The van der Waals surface area contributed by atoms with Crippen LogP contribution in [-0.4, -0.2) is 5.78 Å². The molecule has 1 nitrogen and oxygen atoms in total. The second-order valence-corrected chi connectivity index (χ2v) is 7.82. The highest BCUT2D eigenvalue weighted by atomic mass is 16.1. The van der Waals surface area contributed by atoms with E-state index in [4.69, 9.17) is 0 Å². The van der Waals surface area contributed by atoms with E-state index in [-0.39, 0.29) is 0 Å². The molecule has 0 amide bonds. The van der Waals surface area contributed by atoms with E-state index in [9.17, 15) is 4.79 Å². The fraction of sp³-hybridized carbons (Fsp3) is 0.650. The molecule has 1 heteroatoms. The summed E-state index contributed by atoms with van der Waals surface area (Å²) in [6.45, 7) is 6.62. The van der Waals surface area contributed by atoms with Crippen LogP contribution in [0.5, 0.6) is 0 Å². The van der Waals surface area contributed by atoms with Gasteiger partial charge in [-0.15, -0.1) is 6.58 Å². The van der Waals surface area contributed by atoms with E-state index >= 15 is 0 Å². The predicted molar refractivity (Wildman–Crippen MR) is 85.8 cm³/mol. The molecule has 2 saturated carbocycles. The Labute approximate surface area is 128 Å². The van der Waals surface area contributed by atoms with Crippen LogP contribution in [0.25, 0.3) is 0 Å². The molecule has 112 valence electrons. The molecule has 0 bridgehead atoms. The Kier molecular flexibility index (Phi) is 3.03. The molecule has 0 saturated heterocycles. The van der Waals surface area contributed by atoms with E-state index in [0.29, 0.717) is 11.2 Å². The summed E-state index contributed by atoms with van der Waals surface area (Å²) >= 11 is 0. The summed E-state index contributed by atoms with van der Waals surface area (Å²) in [5.41, 5.74) is 5.21. The molecule has 0 radical (unpaired) electrons. The predicted octanol–water partition coefficient (Wildman–Crippen LogP) is 4.99. The molecule has 0 aromatic rings. The maximum absolute atomic E-state index is 11.7. The van der Waals surface area contributed by atoms with Crippen molar-refractivity contribution in [3.05, 3.63) is 35.5 Å². The molecule has 4 aliphatic carbocycles. The highest BCUT2D eigenvalue weighted by Gasteiger charge is 2.52. The van der Waals surface area contributed by atoms with Gasteiger partial charge in [-0.3, -0.25) is 4.79 Å². The molecule has 0 spiro atoms. The van der Waals surface area contributed by atoms with Crippen LogP contribution < -0.4 is 0 Å².